The molecule has 2 N–H and O–H groups in total. The van der Waals surface area contributed by atoms with Gasteiger partial charge in [0.05, 0.1) is 11.4 Å². The van der Waals surface area contributed by atoms with Crippen molar-refractivity contribution in [3.8, 4) is 0 Å². The molecule has 0 bridgehead atoms. The molecule has 8 heteroatoms. The Labute approximate surface area is 209 Å². The van der Waals surface area contributed by atoms with Gasteiger partial charge in [0.25, 0.3) is 5.91 Å². The molecule has 1 atom stereocenters. The van der Waals surface area contributed by atoms with Crippen LogP contribution in [0.3, 0.4) is 0 Å². The van der Waals surface area contributed by atoms with Crippen molar-refractivity contribution in [1.82, 2.24) is 15.6 Å². The molecular weight excluding hydrogens is 460 g/mol. The van der Waals surface area contributed by atoms with Crippen molar-refractivity contribution in [2.45, 2.75) is 51.6 Å². The summed E-state index contributed by atoms with van der Waals surface area (Å²) in [5.41, 5.74) is 3.16. The maximum absolute atomic E-state index is 13.7. The standard InChI is InChI=1S/C27H30N4O3S/c1-18-11-12-22(19(2)15-18)31(24(32)17-29-26(33)23-10-6-14-35-23)25(20-7-5-13-28-16-20)27(34)30-21-8-3-4-9-21/h5-7,10-16,21,25H,3-4,8-9,17H2,1-2H3,(H,29,33)(H,30,34)/t25-/m0/s1. The zero-order valence-corrected chi connectivity index (χ0v) is 20.8. The summed E-state index contributed by atoms with van der Waals surface area (Å²) in [6.07, 6.45) is 7.28. The smallest absolute Gasteiger partial charge is 0.261 e. The summed E-state index contributed by atoms with van der Waals surface area (Å²) in [7, 11) is 0. The Bertz CT molecular complexity index is 1170. The van der Waals surface area contributed by atoms with Gasteiger partial charge in [0.2, 0.25) is 11.8 Å². The molecule has 7 nitrogen and oxygen atoms in total. The third-order valence-electron chi connectivity index (χ3n) is 6.23. The molecule has 1 aliphatic carbocycles. The Balaban J connectivity index is 1.69. The number of aryl methyl sites for hydroxylation is 2. The number of carbonyl (C=O) groups excluding carboxylic acids is 3. The minimum Gasteiger partial charge on any atom is -0.351 e. The number of hydrogen-bond acceptors (Lipinski definition) is 5. The van der Waals surface area contributed by atoms with Crippen LogP contribution < -0.4 is 15.5 Å². The number of nitrogens with zero attached hydrogens (tertiary/aromatic N) is 2. The Morgan fingerprint density at radius 1 is 1.11 bits per heavy atom. The molecule has 3 amide bonds. The molecule has 2 heterocycles. The van der Waals surface area contributed by atoms with E-state index in [1.165, 1.54) is 16.2 Å². The van der Waals surface area contributed by atoms with Gasteiger partial charge in [-0.15, -0.1) is 11.3 Å². The molecule has 3 aromatic rings. The van der Waals surface area contributed by atoms with Gasteiger partial charge < -0.3 is 10.6 Å². The first-order valence-corrected chi connectivity index (χ1v) is 12.7. The van der Waals surface area contributed by atoms with E-state index in [2.05, 4.69) is 15.6 Å². The molecule has 2 aromatic heterocycles. The monoisotopic (exact) mass is 490 g/mol. The highest BCUT2D eigenvalue weighted by Crippen LogP contribution is 2.31. The summed E-state index contributed by atoms with van der Waals surface area (Å²) >= 11 is 1.31. The molecule has 35 heavy (non-hydrogen) atoms. The molecule has 0 saturated heterocycles. The van der Waals surface area contributed by atoms with Crippen molar-refractivity contribution < 1.29 is 14.4 Å². The summed E-state index contributed by atoms with van der Waals surface area (Å²) in [5, 5.41) is 7.68. The van der Waals surface area contributed by atoms with Crippen molar-refractivity contribution >= 4 is 34.7 Å². The van der Waals surface area contributed by atoms with Gasteiger partial charge in [0.1, 0.15) is 6.04 Å². The SMILES string of the molecule is Cc1ccc(N(C(=O)CNC(=O)c2cccs2)[C@H](C(=O)NC2CCCC2)c2cccnc2)c(C)c1. The van der Waals surface area contributed by atoms with Crippen LogP contribution >= 0.6 is 11.3 Å². The lowest BCUT2D eigenvalue weighted by molar-refractivity contribution is -0.126. The number of aromatic nitrogens is 1. The maximum Gasteiger partial charge on any atom is 0.261 e. The second-order valence-corrected chi connectivity index (χ2v) is 9.84. The number of anilines is 1. The largest absolute Gasteiger partial charge is 0.351 e. The minimum absolute atomic E-state index is 0.0938. The van der Waals surface area contributed by atoms with E-state index in [1.54, 1.807) is 36.7 Å². The fourth-order valence-corrected chi connectivity index (χ4v) is 5.17. The highest BCUT2D eigenvalue weighted by Gasteiger charge is 2.35. The van der Waals surface area contributed by atoms with E-state index in [0.717, 1.165) is 36.8 Å². The summed E-state index contributed by atoms with van der Waals surface area (Å²) < 4.78 is 0. The average molecular weight is 491 g/mol. The number of carbonyl (C=O) groups is 3. The van der Waals surface area contributed by atoms with E-state index in [-0.39, 0.29) is 30.3 Å². The van der Waals surface area contributed by atoms with Gasteiger partial charge in [-0.1, -0.05) is 42.7 Å². The van der Waals surface area contributed by atoms with E-state index >= 15 is 0 Å². The second-order valence-electron chi connectivity index (χ2n) is 8.89. The van der Waals surface area contributed by atoms with Crippen LogP contribution in [0, 0.1) is 13.8 Å². The summed E-state index contributed by atoms with van der Waals surface area (Å²) in [5.74, 6) is -0.942. The van der Waals surface area contributed by atoms with Gasteiger partial charge in [-0.05, 0) is 55.8 Å². The van der Waals surface area contributed by atoms with Crippen molar-refractivity contribution in [3.63, 3.8) is 0 Å². The van der Waals surface area contributed by atoms with Crippen LogP contribution in [-0.2, 0) is 9.59 Å². The highest BCUT2D eigenvalue weighted by molar-refractivity contribution is 7.12. The fourth-order valence-electron chi connectivity index (χ4n) is 4.53. The average Bonchev–Trinajstić information content (AvgIpc) is 3.56. The molecule has 1 fully saturated rings. The number of benzene rings is 1. The second kappa shape index (κ2) is 11.3. The Hall–Kier alpha value is -3.52. The third kappa shape index (κ3) is 5.95. The van der Waals surface area contributed by atoms with Crippen LogP contribution in [-0.4, -0.2) is 35.3 Å². The van der Waals surface area contributed by atoms with E-state index < -0.39 is 6.04 Å². The van der Waals surface area contributed by atoms with Crippen molar-refractivity contribution in [3.05, 3.63) is 81.8 Å². The van der Waals surface area contributed by atoms with Crippen LogP contribution in [0.5, 0.6) is 0 Å². The quantitative estimate of drug-likeness (QED) is 0.492. The molecule has 1 aromatic carbocycles. The molecule has 0 radical (unpaired) electrons. The molecule has 1 aliphatic rings. The molecule has 1 saturated carbocycles. The molecule has 0 unspecified atom stereocenters. The van der Waals surface area contributed by atoms with Gasteiger partial charge in [0, 0.05) is 29.7 Å². The normalized spacial score (nSPS) is 14.3. The Morgan fingerprint density at radius 2 is 1.91 bits per heavy atom. The van der Waals surface area contributed by atoms with Gasteiger partial charge in [-0.25, -0.2) is 0 Å². The number of amides is 3. The lowest BCUT2D eigenvalue weighted by Crippen LogP contribution is -2.49. The predicted molar refractivity (Wildman–Crippen MR) is 137 cm³/mol. The van der Waals surface area contributed by atoms with Gasteiger partial charge >= 0.3 is 0 Å². The van der Waals surface area contributed by atoms with E-state index in [4.69, 9.17) is 0 Å². The fraction of sp³-hybridized carbons (Fsp3) is 0.333. The first kappa shape index (κ1) is 24.6. The first-order valence-electron chi connectivity index (χ1n) is 11.9. The maximum atomic E-state index is 13.7. The van der Waals surface area contributed by atoms with Crippen LogP contribution in [0.25, 0.3) is 0 Å². The topological polar surface area (TPSA) is 91.4 Å². The predicted octanol–water partition coefficient (Wildman–Crippen LogP) is 4.32. The van der Waals surface area contributed by atoms with E-state index in [1.807, 2.05) is 37.4 Å². The number of rotatable bonds is 8. The van der Waals surface area contributed by atoms with Gasteiger partial charge in [0.15, 0.2) is 0 Å². The van der Waals surface area contributed by atoms with Gasteiger partial charge in [-0.3, -0.25) is 24.3 Å². The highest BCUT2D eigenvalue weighted by atomic mass is 32.1. The first-order chi connectivity index (χ1) is 16.9. The number of thiophene rings is 1. The molecule has 0 aliphatic heterocycles. The van der Waals surface area contributed by atoms with E-state index in [9.17, 15) is 14.4 Å². The number of nitrogens with one attached hydrogen (secondary N) is 2. The van der Waals surface area contributed by atoms with Crippen molar-refractivity contribution in [1.29, 1.82) is 0 Å². The van der Waals surface area contributed by atoms with Crippen molar-refractivity contribution in [2.75, 3.05) is 11.4 Å². The van der Waals surface area contributed by atoms with Crippen LogP contribution in [0.2, 0.25) is 0 Å². The lowest BCUT2D eigenvalue weighted by atomic mass is 10.0. The van der Waals surface area contributed by atoms with E-state index in [0.29, 0.717) is 16.1 Å². The lowest BCUT2D eigenvalue weighted by Gasteiger charge is -2.33. The van der Waals surface area contributed by atoms with Crippen LogP contribution in [0.15, 0.2) is 60.2 Å². The summed E-state index contributed by atoms with van der Waals surface area (Å²) in [6, 6.07) is 12.0. The summed E-state index contributed by atoms with van der Waals surface area (Å²) in [6.45, 7) is 3.66. The molecule has 4 rings (SSSR count). The van der Waals surface area contributed by atoms with Crippen LogP contribution in [0.1, 0.15) is 58.1 Å². The molecule has 0 spiro atoms. The molecular formula is C27H30N4O3S. The van der Waals surface area contributed by atoms with Crippen LogP contribution in [0.4, 0.5) is 5.69 Å². The summed E-state index contributed by atoms with van der Waals surface area (Å²) in [4.78, 5) is 46.2. The van der Waals surface area contributed by atoms with Gasteiger partial charge in [-0.2, -0.15) is 0 Å². The molecule has 182 valence electrons. The minimum atomic E-state index is -0.920. The van der Waals surface area contributed by atoms with Crippen molar-refractivity contribution in [2.24, 2.45) is 0 Å². The Kier molecular flexibility index (Phi) is 7.92. The number of hydrogen-bond donors (Lipinski definition) is 2. The Morgan fingerprint density at radius 3 is 2.57 bits per heavy atom. The number of pyridine rings is 1. The third-order valence-corrected chi connectivity index (χ3v) is 7.10. The zero-order valence-electron chi connectivity index (χ0n) is 20.0. The zero-order chi connectivity index (χ0) is 24.8.